The Morgan fingerprint density at radius 1 is 1.24 bits per heavy atom. The summed E-state index contributed by atoms with van der Waals surface area (Å²) in [5.41, 5.74) is 5.42. The fourth-order valence-corrected chi connectivity index (χ4v) is 2.76. The molecule has 0 atom stereocenters. The van der Waals surface area contributed by atoms with E-state index in [1.165, 1.54) is 5.56 Å². The highest BCUT2D eigenvalue weighted by molar-refractivity contribution is 5.83. The molecule has 1 aromatic heterocycles. The van der Waals surface area contributed by atoms with Crippen LogP contribution in [0.25, 0.3) is 22.4 Å². The number of nitrogens with one attached hydrogen (secondary N) is 2. The molecule has 1 aliphatic heterocycles. The second-order valence-corrected chi connectivity index (χ2v) is 5.25. The van der Waals surface area contributed by atoms with Crippen LogP contribution in [0.5, 0.6) is 5.75 Å². The third-order valence-corrected chi connectivity index (χ3v) is 3.89. The molecule has 0 spiro atoms. The third-order valence-electron chi connectivity index (χ3n) is 3.89. The number of imidazole rings is 1. The van der Waals surface area contributed by atoms with Crippen molar-refractivity contribution < 1.29 is 4.74 Å². The van der Waals surface area contributed by atoms with E-state index >= 15 is 0 Å². The van der Waals surface area contributed by atoms with Crippen molar-refractivity contribution in [3.8, 4) is 17.1 Å². The summed E-state index contributed by atoms with van der Waals surface area (Å²) in [7, 11) is 0. The SMILES string of the molecule is CCc1ccc2nc(-c3cccc4c3OCCN4)[nH]c2c1. The molecular formula is C17H17N3O. The van der Waals surface area contributed by atoms with Gasteiger partial charge in [-0.25, -0.2) is 4.98 Å². The lowest BCUT2D eigenvalue weighted by molar-refractivity contribution is 0.324. The average molecular weight is 279 g/mol. The summed E-state index contributed by atoms with van der Waals surface area (Å²) < 4.78 is 5.83. The van der Waals surface area contributed by atoms with Gasteiger partial charge >= 0.3 is 0 Å². The Hall–Kier alpha value is -2.49. The molecule has 2 N–H and O–H groups in total. The molecule has 3 aromatic rings. The molecule has 106 valence electrons. The van der Waals surface area contributed by atoms with Crippen LogP contribution in [0.1, 0.15) is 12.5 Å². The molecule has 4 heteroatoms. The van der Waals surface area contributed by atoms with Gasteiger partial charge in [-0.05, 0) is 36.2 Å². The van der Waals surface area contributed by atoms with Crippen molar-refractivity contribution in [3.63, 3.8) is 0 Å². The number of benzene rings is 2. The van der Waals surface area contributed by atoms with E-state index in [1.807, 2.05) is 18.2 Å². The van der Waals surface area contributed by atoms with E-state index in [0.29, 0.717) is 6.61 Å². The van der Waals surface area contributed by atoms with E-state index in [0.717, 1.165) is 46.8 Å². The van der Waals surface area contributed by atoms with E-state index in [2.05, 4.69) is 35.4 Å². The van der Waals surface area contributed by atoms with E-state index in [9.17, 15) is 0 Å². The van der Waals surface area contributed by atoms with Crippen LogP contribution < -0.4 is 10.1 Å². The minimum Gasteiger partial charge on any atom is -0.489 e. The molecule has 0 aliphatic carbocycles. The second kappa shape index (κ2) is 4.81. The molecule has 0 saturated heterocycles. The first-order valence-electron chi connectivity index (χ1n) is 7.34. The lowest BCUT2D eigenvalue weighted by atomic mass is 10.1. The summed E-state index contributed by atoms with van der Waals surface area (Å²) in [6.07, 6.45) is 1.03. The molecule has 0 saturated carbocycles. The van der Waals surface area contributed by atoms with Crippen molar-refractivity contribution in [2.45, 2.75) is 13.3 Å². The van der Waals surface area contributed by atoms with Gasteiger partial charge in [-0.1, -0.05) is 19.1 Å². The highest BCUT2D eigenvalue weighted by Crippen LogP contribution is 2.37. The summed E-state index contributed by atoms with van der Waals surface area (Å²) in [4.78, 5) is 8.12. The third kappa shape index (κ3) is 2.03. The van der Waals surface area contributed by atoms with Crippen molar-refractivity contribution in [2.75, 3.05) is 18.5 Å². The predicted octanol–water partition coefficient (Wildman–Crippen LogP) is 3.60. The number of hydrogen-bond donors (Lipinski definition) is 2. The van der Waals surface area contributed by atoms with Crippen molar-refractivity contribution in [2.24, 2.45) is 0 Å². The molecule has 4 nitrogen and oxygen atoms in total. The van der Waals surface area contributed by atoms with Crippen molar-refractivity contribution in [3.05, 3.63) is 42.0 Å². The van der Waals surface area contributed by atoms with Crippen molar-refractivity contribution in [1.29, 1.82) is 0 Å². The van der Waals surface area contributed by atoms with Crippen LogP contribution in [0.3, 0.4) is 0 Å². The van der Waals surface area contributed by atoms with Gasteiger partial charge in [0.2, 0.25) is 0 Å². The summed E-state index contributed by atoms with van der Waals surface area (Å²) >= 11 is 0. The van der Waals surface area contributed by atoms with E-state index in [-0.39, 0.29) is 0 Å². The van der Waals surface area contributed by atoms with Gasteiger partial charge in [-0.2, -0.15) is 0 Å². The van der Waals surface area contributed by atoms with Gasteiger partial charge in [0.05, 0.1) is 22.3 Å². The summed E-state index contributed by atoms with van der Waals surface area (Å²) in [6, 6.07) is 12.5. The Bertz CT molecular complexity index is 807. The molecule has 0 radical (unpaired) electrons. The minimum absolute atomic E-state index is 0.685. The Balaban J connectivity index is 1.86. The number of rotatable bonds is 2. The number of hydrogen-bond acceptors (Lipinski definition) is 3. The number of anilines is 1. The van der Waals surface area contributed by atoms with E-state index < -0.39 is 0 Å². The van der Waals surface area contributed by atoms with Crippen LogP contribution in [0.2, 0.25) is 0 Å². The van der Waals surface area contributed by atoms with Crippen LogP contribution in [0, 0.1) is 0 Å². The van der Waals surface area contributed by atoms with Crippen LogP contribution in [-0.2, 0) is 6.42 Å². The first kappa shape index (κ1) is 12.3. The monoisotopic (exact) mass is 279 g/mol. The molecule has 1 aliphatic rings. The van der Waals surface area contributed by atoms with Crippen molar-refractivity contribution >= 4 is 16.7 Å². The normalized spacial score (nSPS) is 13.6. The largest absolute Gasteiger partial charge is 0.489 e. The fraction of sp³-hybridized carbons (Fsp3) is 0.235. The Kier molecular flexibility index (Phi) is 2.81. The highest BCUT2D eigenvalue weighted by atomic mass is 16.5. The Morgan fingerprint density at radius 2 is 2.19 bits per heavy atom. The summed E-state index contributed by atoms with van der Waals surface area (Å²) in [5, 5.41) is 3.36. The van der Waals surface area contributed by atoms with Gasteiger partial charge in [0.25, 0.3) is 0 Å². The predicted molar refractivity (Wildman–Crippen MR) is 84.9 cm³/mol. The molecule has 4 rings (SSSR count). The molecule has 21 heavy (non-hydrogen) atoms. The smallest absolute Gasteiger partial charge is 0.153 e. The fourth-order valence-electron chi connectivity index (χ4n) is 2.76. The Morgan fingerprint density at radius 3 is 3.10 bits per heavy atom. The molecule has 2 heterocycles. The molecule has 0 fully saturated rings. The maximum Gasteiger partial charge on any atom is 0.153 e. The molecule has 0 amide bonds. The number of fused-ring (bicyclic) bond motifs is 2. The standard InChI is InChI=1S/C17H17N3O/c1-2-11-6-7-13-15(10-11)20-17(19-13)12-4-3-5-14-16(12)21-9-8-18-14/h3-7,10,18H,2,8-9H2,1H3,(H,19,20). The number of ether oxygens (including phenoxy) is 1. The topological polar surface area (TPSA) is 49.9 Å². The second-order valence-electron chi connectivity index (χ2n) is 5.25. The number of aromatic nitrogens is 2. The van der Waals surface area contributed by atoms with Gasteiger partial charge in [-0.15, -0.1) is 0 Å². The maximum atomic E-state index is 5.83. The van der Waals surface area contributed by atoms with E-state index in [1.54, 1.807) is 0 Å². The quantitative estimate of drug-likeness (QED) is 0.753. The zero-order valence-corrected chi connectivity index (χ0v) is 11.9. The van der Waals surface area contributed by atoms with Crippen LogP contribution in [-0.4, -0.2) is 23.1 Å². The first-order chi connectivity index (χ1) is 10.3. The van der Waals surface area contributed by atoms with Crippen LogP contribution in [0.4, 0.5) is 5.69 Å². The number of H-pyrrole nitrogens is 1. The lowest BCUT2D eigenvalue weighted by Gasteiger charge is -2.20. The van der Waals surface area contributed by atoms with Gasteiger partial charge in [-0.3, -0.25) is 0 Å². The van der Waals surface area contributed by atoms with E-state index in [4.69, 9.17) is 9.72 Å². The van der Waals surface area contributed by atoms with Crippen molar-refractivity contribution in [1.82, 2.24) is 9.97 Å². The maximum absolute atomic E-state index is 5.83. The molecule has 0 unspecified atom stereocenters. The lowest BCUT2D eigenvalue weighted by Crippen LogP contribution is -2.18. The molecule has 0 bridgehead atoms. The minimum atomic E-state index is 0.685. The van der Waals surface area contributed by atoms with Gasteiger partial charge in [0.15, 0.2) is 5.75 Å². The Labute approximate surface area is 123 Å². The molecular weight excluding hydrogens is 262 g/mol. The number of aromatic amines is 1. The van der Waals surface area contributed by atoms with Crippen LogP contribution >= 0.6 is 0 Å². The van der Waals surface area contributed by atoms with Gasteiger partial charge < -0.3 is 15.0 Å². The summed E-state index contributed by atoms with van der Waals surface area (Å²) in [6.45, 7) is 3.69. The molecule has 2 aromatic carbocycles. The van der Waals surface area contributed by atoms with Gasteiger partial charge in [0, 0.05) is 6.54 Å². The number of aryl methyl sites for hydroxylation is 1. The average Bonchev–Trinajstić information content (AvgIpc) is 2.97. The zero-order valence-electron chi connectivity index (χ0n) is 11.9. The zero-order chi connectivity index (χ0) is 14.2. The number of nitrogens with zero attached hydrogens (tertiary/aromatic N) is 1. The summed E-state index contributed by atoms with van der Waals surface area (Å²) in [5.74, 6) is 1.75. The highest BCUT2D eigenvalue weighted by Gasteiger charge is 2.17. The van der Waals surface area contributed by atoms with Gasteiger partial charge in [0.1, 0.15) is 12.4 Å². The number of para-hydroxylation sites is 1. The first-order valence-corrected chi connectivity index (χ1v) is 7.34. The van der Waals surface area contributed by atoms with Crippen LogP contribution in [0.15, 0.2) is 36.4 Å².